The van der Waals surface area contributed by atoms with Gasteiger partial charge in [-0.3, -0.25) is 4.79 Å². The molecule has 0 aromatic heterocycles. The van der Waals surface area contributed by atoms with E-state index in [1.807, 2.05) is 32.0 Å². The molecule has 0 saturated heterocycles. The number of fused-ring (bicyclic) bond motifs is 1. The highest BCUT2D eigenvalue weighted by Gasteiger charge is 2.23. The number of carbonyl (C=O) groups is 1. The highest BCUT2D eigenvalue weighted by molar-refractivity contribution is 5.89. The van der Waals surface area contributed by atoms with Crippen molar-refractivity contribution in [2.45, 2.75) is 39.7 Å². The normalized spacial score (nSPS) is 11.6. The Bertz CT molecular complexity index is 1020. The Hall–Kier alpha value is -2.95. The fourth-order valence-corrected chi connectivity index (χ4v) is 3.41. The van der Waals surface area contributed by atoms with Crippen LogP contribution in [-0.2, 0) is 17.6 Å². The molecule has 146 valence electrons. The first-order valence-corrected chi connectivity index (χ1v) is 9.01. The van der Waals surface area contributed by atoms with Crippen molar-refractivity contribution in [3.8, 4) is 5.75 Å². The third-order valence-electron chi connectivity index (χ3n) is 4.74. The van der Waals surface area contributed by atoms with E-state index in [-0.39, 0.29) is 12.2 Å². The third kappa shape index (κ3) is 4.66. The predicted molar refractivity (Wildman–Crippen MR) is 105 cm³/mol. The predicted octanol–water partition coefficient (Wildman–Crippen LogP) is 5.67. The van der Waals surface area contributed by atoms with Gasteiger partial charge >= 0.3 is 12.1 Å². The van der Waals surface area contributed by atoms with Gasteiger partial charge in [0.2, 0.25) is 0 Å². The van der Waals surface area contributed by atoms with Crippen LogP contribution < -0.4 is 4.74 Å². The Labute approximate surface area is 162 Å². The summed E-state index contributed by atoms with van der Waals surface area (Å²) in [6, 6.07) is 14.6. The second-order valence-corrected chi connectivity index (χ2v) is 7.16. The van der Waals surface area contributed by atoms with Crippen molar-refractivity contribution in [1.29, 1.82) is 0 Å². The number of hydrogen-bond donors (Lipinski definition) is 1. The van der Waals surface area contributed by atoms with Crippen LogP contribution >= 0.6 is 0 Å². The molecule has 0 spiro atoms. The van der Waals surface area contributed by atoms with E-state index in [0.29, 0.717) is 13.3 Å². The van der Waals surface area contributed by atoms with Crippen molar-refractivity contribution in [2.24, 2.45) is 0 Å². The number of benzene rings is 3. The highest BCUT2D eigenvalue weighted by atomic mass is 19.3. The molecule has 3 aromatic carbocycles. The van der Waals surface area contributed by atoms with Gasteiger partial charge in [-0.1, -0.05) is 42.0 Å². The second-order valence-electron chi connectivity index (χ2n) is 7.16. The average Bonchev–Trinajstić information content (AvgIpc) is 2.59. The lowest BCUT2D eigenvalue weighted by atomic mass is 9.89. The van der Waals surface area contributed by atoms with Crippen LogP contribution in [0.3, 0.4) is 0 Å². The van der Waals surface area contributed by atoms with Crippen molar-refractivity contribution >= 4 is 16.7 Å². The summed E-state index contributed by atoms with van der Waals surface area (Å²) in [5.41, 5.74) is 4.83. The zero-order valence-electron chi connectivity index (χ0n) is 16.1. The number of carboxylic acids is 1. The average molecular weight is 384 g/mol. The van der Waals surface area contributed by atoms with Gasteiger partial charge in [-0.15, -0.1) is 0 Å². The van der Waals surface area contributed by atoms with Gasteiger partial charge in [0, 0.05) is 6.92 Å². The van der Waals surface area contributed by atoms with Crippen molar-refractivity contribution in [2.75, 3.05) is 0 Å². The van der Waals surface area contributed by atoms with Gasteiger partial charge in [-0.05, 0) is 65.4 Å². The van der Waals surface area contributed by atoms with Crippen LogP contribution in [0.2, 0.25) is 0 Å². The maximum atomic E-state index is 13.0. The van der Waals surface area contributed by atoms with E-state index < -0.39 is 12.1 Å². The number of ether oxygens (including phenoxy) is 1. The molecule has 28 heavy (non-hydrogen) atoms. The number of rotatable bonds is 6. The van der Waals surface area contributed by atoms with Crippen LogP contribution in [0, 0.1) is 13.8 Å². The largest absolute Gasteiger partial charge is 0.481 e. The summed E-state index contributed by atoms with van der Waals surface area (Å²) < 4.78 is 30.6. The topological polar surface area (TPSA) is 46.5 Å². The number of halogens is 2. The van der Waals surface area contributed by atoms with Gasteiger partial charge in [0.25, 0.3) is 0 Å². The van der Waals surface area contributed by atoms with Crippen molar-refractivity contribution in [3.05, 3.63) is 76.3 Å². The summed E-state index contributed by atoms with van der Waals surface area (Å²) in [4.78, 5) is 11.3. The fourth-order valence-electron chi connectivity index (χ4n) is 3.41. The third-order valence-corrected chi connectivity index (χ3v) is 4.74. The number of alkyl halides is 2. The number of aliphatic carboxylic acids is 1. The molecule has 3 nitrogen and oxygen atoms in total. The quantitative estimate of drug-likeness (QED) is 0.596. The summed E-state index contributed by atoms with van der Waals surface area (Å²) in [7, 11) is 0. The summed E-state index contributed by atoms with van der Waals surface area (Å²) in [6.07, 6.45) is -2.69. The molecule has 1 N–H and O–H groups in total. The Morgan fingerprint density at radius 2 is 1.75 bits per heavy atom. The van der Waals surface area contributed by atoms with E-state index >= 15 is 0 Å². The molecule has 0 amide bonds. The van der Waals surface area contributed by atoms with Gasteiger partial charge in [0.1, 0.15) is 5.75 Å². The Kier molecular flexibility index (Phi) is 5.36. The van der Waals surface area contributed by atoms with Crippen molar-refractivity contribution in [1.82, 2.24) is 0 Å². The molecule has 0 atom stereocenters. The van der Waals surface area contributed by atoms with E-state index in [9.17, 15) is 18.7 Å². The van der Waals surface area contributed by atoms with Crippen LogP contribution in [-0.4, -0.2) is 17.2 Å². The minimum Gasteiger partial charge on any atom is -0.481 e. The summed E-state index contributed by atoms with van der Waals surface area (Å²) in [5.74, 6) is -0.768. The molecular weight excluding hydrogens is 362 g/mol. The fraction of sp³-hybridized carbons (Fsp3) is 0.261. The van der Waals surface area contributed by atoms with Crippen LogP contribution in [0.4, 0.5) is 8.78 Å². The number of aryl methyl sites for hydroxylation is 1. The van der Waals surface area contributed by atoms with E-state index in [1.165, 1.54) is 12.1 Å². The molecule has 0 fully saturated rings. The lowest BCUT2D eigenvalue weighted by Crippen LogP contribution is -2.18. The van der Waals surface area contributed by atoms with Gasteiger partial charge in [-0.2, -0.15) is 8.78 Å². The Morgan fingerprint density at radius 3 is 2.36 bits per heavy atom. The molecule has 0 saturated carbocycles. The number of carboxylic acid groups (broad SMARTS) is 1. The summed E-state index contributed by atoms with van der Waals surface area (Å²) in [6.45, 7) is 4.65. The van der Waals surface area contributed by atoms with E-state index in [2.05, 4.69) is 10.8 Å². The van der Waals surface area contributed by atoms with Gasteiger partial charge < -0.3 is 9.84 Å². The van der Waals surface area contributed by atoms with Crippen molar-refractivity contribution in [3.63, 3.8) is 0 Å². The molecule has 3 aromatic rings. The van der Waals surface area contributed by atoms with Crippen molar-refractivity contribution < 1.29 is 23.4 Å². The Balaban J connectivity index is 2.02. The minimum atomic E-state index is -3.23. The smallest absolute Gasteiger partial charge is 0.394 e. The first-order chi connectivity index (χ1) is 13.1. The number of hydrogen-bond acceptors (Lipinski definition) is 2. The van der Waals surface area contributed by atoms with Gasteiger partial charge in [-0.25, -0.2) is 0 Å². The van der Waals surface area contributed by atoms with Gasteiger partial charge in [0.05, 0.1) is 6.42 Å². The molecule has 0 aliphatic rings. The molecule has 0 aliphatic carbocycles. The summed E-state index contributed by atoms with van der Waals surface area (Å²) in [5, 5.41) is 11.3. The lowest BCUT2D eigenvalue weighted by Gasteiger charge is -2.16. The second kappa shape index (κ2) is 7.58. The van der Waals surface area contributed by atoms with Crippen LogP contribution in [0.5, 0.6) is 5.75 Å². The zero-order chi connectivity index (χ0) is 20.5. The zero-order valence-corrected chi connectivity index (χ0v) is 16.1. The monoisotopic (exact) mass is 384 g/mol. The van der Waals surface area contributed by atoms with E-state index in [4.69, 9.17) is 0 Å². The molecule has 0 radical (unpaired) electrons. The maximum Gasteiger partial charge on any atom is 0.394 e. The molecule has 0 unspecified atom stereocenters. The molecule has 0 heterocycles. The van der Waals surface area contributed by atoms with E-state index in [1.54, 1.807) is 12.1 Å². The van der Waals surface area contributed by atoms with Gasteiger partial charge in [0.15, 0.2) is 0 Å². The maximum absolute atomic E-state index is 13.0. The lowest BCUT2D eigenvalue weighted by molar-refractivity contribution is -0.159. The first-order valence-electron chi connectivity index (χ1n) is 9.01. The standard InChI is InChI=1S/C23H22F2O3/c1-14-4-7-17-12-18(13-22(26)27)15(2)20(21(17)10-14)11-16-5-8-19(9-6-16)28-23(3,24)25/h4-10,12H,11,13H2,1-3H3,(H,26,27). The molecule has 5 heteroatoms. The molecule has 0 aliphatic heterocycles. The molecular formula is C23H22F2O3. The first kappa shape index (κ1) is 19.8. The SMILES string of the molecule is Cc1ccc2cc(CC(=O)O)c(C)c(Cc3ccc(OC(C)(F)F)cc3)c2c1. The molecule has 3 rings (SSSR count). The Morgan fingerprint density at radius 1 is 1.07 bits per heavy atom. The van der Waals surface area contributed by atoms with Crippen LogP contribution in [0.15, 0.2) is 48.5 Å². The summed E-state index contributed by atoms with van der Waals surface area (Å²) >= 11 is 0. The van der Waals surface area contributed by atoms with E-state index in [0.717, 1.165) is 38.6 Å². The van der Waals surface area contributed by atoms with Crippen LogP contribution in [0.25, 0.3) is 10.8 Å². The highest BCUT2D eigenvalue weighted by Crippen LogP contribution is 2.30. The van der Waals surface area contributed by atoms with Crippen LogP contribution in [0.1, 0.15) is 34.7 Å². The molecule has 0 bridgehead atoms. The minimum absolute atomic E-state index is 0.0407.